The Morgan fingerprint density at radius 2 is 1.25 bits per heavy atom. The number of nitrogens with one attached hydrogen (secondary N) is 1. The zero-order valence-corrected chi connectivity index (χ0v) is 22.7. The standard InChI is InChI=1S/C33H31N3O3S/c34-32-36(28(23-40-32)22-30(37)35-29(31(38)39)21-24-13-5-1-6-14-24)33(25-15-7-2-8-16-25,26-17-9-3-10-18-26)27-19-11-4-12-20-27/h1-20,23,29,32H,21-22,34H2,(H,35,37)(H,38,39)/t29-,32?/m0/s1. The number of nitrogens with two attached hydrogens (primary N) is 1. The Morgan fingerprint density at radius 3 is 1.70 bits per heavy atom. The predicted molar refractivity (Wildman–Crippen MR) is 159 cm³/mol. The summed E-state index contributed by atoms with van der Waals surface area (Å²) in [6, 6.07) is 38.6. The van der Waals surface area contributed by atoms with Crippen LogP contribution in [0, 0.1) is 0 Å². The Morgan fingerprint density at radius 1 is 0.800 bits per heavy atom. The zero-order valence-electron chi connectivity index (χ0n) is 21.9. The monoisotopic (exact) mass is 549 g/mol. The van der Waals surface area contributed by atoms with Gasteiger partial charge in [-0.2, -0.15) is 0 Å². The first kappa shape index (κ1) is 27.2. The fourth-order valence-electron chi connectivity index (χ4n) is 5.38. The topological polar surface area (TPSA) is 95.7 Å². The second-order valence-electron chi connectivity index (χ2n) is 9.64. The quantitative estimate of drug-likeness (QED) is 0.232. The van der Waals surface area contributed by atoms with Crippen LogP contribution < -0.4 is 11.1 Å². The predicted octanol–water partition coefficient (Wildman–Crippen LogP) is 5.31. The minimum absolute atomic E-state index is 0.0203. The lowest BCUT2D eigenvalue weighted by atomic mass is 9.75. The van der Waals surface area contributed by atoms with Gasteiger partial charge in [-0.15, -0.1) is 0 Å². The van der Waals surface area contributed by atoms with Crippen LogP contribution in [0.1, 0.15) is 28.7 Å². The van der Waals surface area contributed by atoms with Crippen LogP contribution in [0.2, 0.25) is 0 Å². The van der Waals surface area contributed by atoms with Crippen LogP contribution in [-0.2, 0) is 21.5 Å². The molecule has 0 bridgehead atoms. The van der Waals surface area contributed by atoms with Crippen molar-refractivity contribution in [1.29, 1.82) is 0 Å². The molecule has 0 saturated heterocycles. The molecule has 0 fully saturated rings. The van der Waals surface area contributed by atoms with Crippen LogP contribution in [0.4, 0.5) is 0 Å². The molecule has 0 aromatic heterocycles. The van der Waals surface area contributed by atoms with Crippen molar-refractivity contribution < 1.29 is 14.7 Å². The van der Waals surface area contributed by atoms with E-state index in [9.17, 15) is 14.7 Å². The SMILES string of the molecule is NC1SC=C(CC(=O)N[C@@H](Cc2ccccc2)C(=O)O)N1C(c1ccccc1)(c1ccccc1)c1ccccc1. The van der Waals surface area contributed by atoms with Crippen molar-refractivity contribution >= 4 is 23.6 Å². The second kappa shape index (κ2) is 12.2. The fourth-order valence-corrected chi connectivity index (χ4v) is 6.29. The molecule has 1 aliphatic heterocycles. The molecule has 7 heteroatoms. The summed E-state index contributed by atoms with van der Waals surface area (Å²) in [6.45, 7) is 0. The van der Waals surface area contributed by atoms with Crippen molar-refractivity contribution in [3.63, 3.8) is 0 Å². The molecular weight excluding hydrogens is 518 g/mol. The molecule has 4 aromatic carbocycles. The highest BCUT2D eigenvalue weighted by molar-refractivity contribution is 8.02. The number of carbonyl (C=O) groups excluding carboxylic acids is 1. The maximum Gasteiger partial charge on any atom is 0.326 e. The van der Waals surface area contributed by atoms with Crippen molar-refractivity contribution in [2.45, 2.75) is 29.9 Å². The molecule has 1 unspecified atom stereocenters. The largest absolute Gasteiger partial charge is 0.480 e. The van der Waals surface area contributed by atoms with E-state index in [-0.39, 0.29) is 18.7 Å². The summed E-state index contributed by atoms with van der Waals surface area (Å²) in [7, 11) is 0. The van der Waals surface area contributed by atoms with Crippen molar-refractivity contribution in [1.82, 2.24) is 10.2 Å². The Labute approximate surface area is 238 Å². The molecule has 1 aliphatic rings. The summed E-state index contributed by atoms with van der Waals surface area (Å²) in [4.78, 5) is 27.5. The highest BCUT2D eigenvalue weighted by Gasteiger charge is 2.47. The highest BCUT2D eigenvalue weighted by atomic mass is 32.2. The van der Waals surface area contributed by atoms with E-state index in [1.54, 1.807) is 0 Å². The molecule has 1 heterocycles. The molecule has 2 atom stereocenters. The Bertz CT molecular complexity index is 1370. The average Bonchev–Trinajstić information content (AvgIpc) is 3.35. The lowest BCUT2D eigenvalue weighted by Crippen LogP contribution is -2.53. The third-order valence-electron chi connectivity index (χ3n) is 7.10. The number of nitrogens with zero attached hydrogens (tertiary/aromatic N) is 1. The summed E-state index contributed by atoms with van der Waals surface area (Å²) in [5, 5.41) is 14.5. The van der Waals surface area contributed by atoms with Crippen molar-refractivity contribution in [2.24, 2.45) is 5.73 Å². The van der Waals surface area contributed by atoms with E-state index in [0.29, 0.717) is 0 Å². The van der Waals surface area contributed by atoms with Crippen LogP contribution in [0.3, 0.4) is 0 Å². The van der Waals surface area contributed by atoms with E-state index in [0.717, 1.165) is 28.0 Å². The minimum Gasteiger partial charge on any atom is -0.480 e. The second-order valence-corrected chi connectivity index (χ2v) is 10.6. The van der Waals surface area contributed by atoms with Crippen LogP contribution in [0.15, 0.2) is 132 Å². The fraction of sp³-hybridized carbons (Fsp3) is 0.152. The molecular formula is C33H31N3O3S. The van der Waals surface area contributed by atoms with Gasteiger partial charge in [0, 0.05) is 12.1 Å². The first-order valence-corrected chi connectivity index (χ1v) is 14.1. The van der Waals surface area contributed by atoms with E-state index >= 15 is 0 Å². The molecule has 202 valence electrons. The molecule has 0 aliphatic carbocycles. The number of aliphatic carboxylic acids is 1. The summed E-state index contributed by atoms with van der Waals surface area (Å²) < 4.78 is 0. The van der Waals surface area contributed by atoms with E-state index in [1.807, 2.05) is 90.3 Å². The lowest BCUT2D eigenvalue weighted by molar-refractivity contribution is -0.141. The lowest BCUT2D eigenvalue weighted by Gasteiger charge is -2.47. The van der Waals surface area contributed by atoms with E-state index in [4.69, 9.17) is 5.73 Å². The van der Waals surface area contributed by atoms with Gasteiger partial charge in [0.2, 0.25) is 5.91 Å². The summed E-state index contributed by atoms with van der Waals surface area (Å²) in [5.74, 6) is -1.45. The maximum atomic E-state index is 13.4. The van der Waals surface area contributed by atoms with Gasteiger partial charge < -0.3 is 21.1 Å². The maximum absolute atomic E-state index is 13.4. The Hall–Kier alpha value is -4.33. The number of hydrogen-bond donors (Lipinski definition) is 3. The number of carbonyl (C=O) groups is 2. The van der Waals surface area contributed by atoms with Gasteiger partial charge >= 0.3 is 5.97 Å². The first-order valence-electron chi connectivity index (χ1n) is 13.1. The number of carboxylic acid groups (broad SMARTS) is 1. The van der Waals surface area contributed by atoms with Crippen molar-refractivity contribution in [3.8, 4) is 0 Å². The van der Waals surface area contributed by atoms with E-state index < -0.39 is 23.0 Å². The zero-order chi connectivity index (χ0) is 28.0. The van der Waals surface area contributed by atoms with Crippen molar-refractivity contribution in [3.05, 3.63) is 155 Å². The van der Waals surface area contributed by atoms with Gasteiger partial charge in [-0.1, -0.05) is 133 Å². The summed E-state index contributed by atoms with van der Waals surface area (Å²) in [5.41, 5.74) is 10.1. The summed E-state index contributed by atoms with van der Waals surface area (Å²) >= 11 is 1.44. The van der Waals surface area contributed by atoms with Gasteiger partial charge in [0.25, 0.3) is 0 Å². The third-order valence-corrected chi connectivity index (χ3v) is 8.00. The highest BCUT2D eigenvalue weighted by Crippen LogP contribution is 2.49. The number of benzene rings is 4. The Balaban J connectivity index is 1.53. The normalized spacial score (nSPS) is 15.8. The molecule has 6 nitrogen and oxygen atoms in total. The number of amides is 1. The molecule has 4 aromatic rings. The van der Waals surface area contributed by atoms with Gasteiger partial charge in [0.15, 0.2) is 0 Å². The number of thioether (sulfide) groups is 1. The van der Waals surface area contributed by atoms with Crippen LogP contribution in [-0.4, -0.2) is 33.4 Å². The molecule has 5 rings (SSSR count). The van der Waals surface area contributed by atoms with Crippen molar-refractivity contribution in [2.75, 3.05) is 0 Å². The van der Waals surface area contributed by atoms with Crippen LogP contribution in [0.5, 0.6) is 0 Å². The molecule has 0 radical (unpaired) electrons. The number of carboxylic acids is 1. The molecule has 1 amide bonds. The average molecular weight is 550 g/mol. The molecule has 40 heavy (non-hydrogen) atoms. The number of hydrogen-bond acceptors (Lipinski definition) is 5. The van der Waals surface area contributed by atoms with Gasteiger partial charge in [-0.3, -0.25) is 4.79 Å². The van der Waals surface area contributed by atoms with Gasteiger partial charge in [0.1, 0.15) is 17.1 Å². The first-order chi connectivity index (χ1) is 19.5. The molecule has 4 N–H and O–H groups in total. The number of rotatable bonds is 10. The minimum atomic E-state index is -1.08. The van der Waals surface area contributed by atoms with Crippen LogP contribution >= 0.6 is 11.8 Å². The molecule has 0 saturated carbocycles. The van der Waals surface area contributed by atoms with Gasteiger partial charge in [-0.25, -0.2) is 4.79 Å². The van der Waals surface area contributed by atoms with E-state index in [1.165, 1.54) is 11.8 Å². The Kier molecular flexibility index (Phi) is 8.34. The van der Waals surface area contributed by atoms with Crippen LogP contribution in [0.25, 0.3) is 0 Å². The van der Waals surface area contributed by atoms with E-state index in [2.05, 4.69) is 46.6 Å². The smallest absolute Gasteiger partial charge is 0.326 e. The molecule has 0 spiro atoms. The van der Waals surface area contributed by atoms with Gasteiger partial charge in [0.05, 0.1) is 6.42 Å². The third kappa shape index (κ3) is 5.52. The van der Waals surface area contributed by atoms with Gasteiger partial charge in [-0.05, 0) is 27.7 Å². The summed E-state index contributed by atoms with van der Waals surface area (Å²) in [6.07, 6.45) is 0.175.